The highest BCUT2D eigenvalue weighted by Gasteiger charge is 2.79. The standard InChI is InChI=1S/C26H42N2O6/c1-7-10-14-27(13-8-2)23(31)21-26-12-11-25(6,34-26)20(24(32)33-9-3)19(26)22(30)28(21)18(16-29)15-17(4)5/h8,17-21,29H,2,7,9-16H2,1,3-6H3/t18-,19+,20+,21?,25-,26?/m1/s1. The average molecular weight is 479 g/mol. The normalized spacial score (nSPS) is 32.7. The third kappa shape index (κ3) is 4.28. The first kappa shape index (κ1) is 26.7. The van der Waals surface area contributed by atoms with Crippen LogP contribution in [0.1, 0.15) is 66.7 Å². The van der Waals surface area contributed by atoms with E-state index < -0.39 is 41.1 Å². The van der Waals surface area contributed by atoms with Gasteiger partial charge in [0, 0.05) is 13.1 Å². The van der Waals surface area contributed by atoms with Crippen molar-refractivity contribution in [1.82, 2.24) is 9.80 Å². The summed E-state index contributed by atoms with van der Waals surface area (Å²) in [5.41, 5.74) is -1.95. The SMILES string of the molecule is C=CCN(CCCC)C(=O)C1N([C@@H](CO)CC(C)C)C(=O)[C@@H]2[C@@H](C(=O)OCC)[C@@]3(C)CCC12O3. The fourth-order valence-corrected chi connectivity index (χ4v) is 6.42. The molecule has 0 aliphatic carbocycles. The molecule has 3 heterocycles. The van der Waals surface area contributed by atoms with Gasteiger partial charge in [-0.25, -0.2) is 0 Å². The van der Waals surface area contributed by atoms with E-state index in [9.17, 15) is 19.5 Å². The molecule has 0 aromatic rings. The van der Waals surface area contributed by atoms with Crippen LogP contribution in [0.25, 0.3) is 0 Å². The second kappa shape index (κ2) is 10.4. The minimum atomic E-state index is -1.10. The summed E-state index contributed by atoms with van der Waals surface area (Å²) in [6.07, 6.45) is 5.08. The summed E-state index contributed by atoms with van der Waals surface area (Å²) in [5, 5.41) is 10.3. The van der Waals surface area contributed by atoms with Gasteiger partial charge in [0.1, 0.15) is 17.6 Å². The molecule has 192 valence electrons. The fourth-order valence-electron chi connectivity index (χ4n) is 6.42. The topological polar surface area (TPSA) is 96.4 Å². The Morgan fingerprint density at radius 2 is 2.06 bits per heavy atom. The minimum Gasteiger partial charge on any atom is -0.466 e. The number of ether oxygens (including phenoxy) is 2. The molecule has 3 aliphatic heterocycles. The van der Waals surface area contributed by atoms with E-state index in [1.54, 1.807) is 22.8 Å². The fraction of sp³-hybridized carbons (Fsp3) is 0.808. The van der Waals surface area contributed by atoms with Crippen molar-refractivity contribution in [2.45, 2.75) is 90.0 Å². The number of amides is 2. The molecular formula is C26H42N2O6. The third-order valence-corrected chi connectivity index (χ3v) is 7.78. The highest BCUT2D eigenvalue weighted by Crippen LogP contribution is 2.63. The van der Waals surface area contributed by atoms with Crippen molar-refractivity contribution in [2.75, 3.05) is 26.3 Å². The predicted octanol–water partition coefficient (Wildman–Crippen LogP) is 2.54. The largest absolute Gasteiger partial charge is 0.466 e. The number of fused-ring (bicyclic) bond motifs is 1. The Bertz CT molecular complexity index is 800. The number of aliphatic hydroxyl groups excluding tert-OH is 1. The van der Waals surface area contributed by atoms with E-state index in [-0.39, 0.29) is 30.9 Å². The van der Waals surface area contributed by atoms with Crippen LogP contribution in [0.5, 0.6) is 0 Å². The van der Waals surface area contributed by atoms with E-state index in [1.165, 1.54) is 0 Å². The van der Waals surface area contributed by atoms with Crippen LogP contribution in [-0.4, -0.2) is 82.3 Å². The van der Waals surface area contributed by atoms with Gasteiger partial charge in [0.25, 0.3) is 0 Å². The second-order valence-corrected chi connectivity index (χ2v) is 10.6. The maximum absolute atomic E-state index is 14.1. The molecule has 2 bridgehead atoms. The lowest BCUT2D eigenvalue weighted by molar-refractivity contribution is -0.161. The molecule has 6 atom stereocenters. The van der Waals surface area contributed by atoms with E-state index in [1.807, 2.05) is 20.8 Å². The van der Waals surface area contributed by atoms with Crippen LogP contribution in [-0.2, 0) is 23.9 Å². The molecule has 0 saturated carbocycles. The van der Waals surface area contributed by atoms with Crippen molar-refractivity contribution in [2.24, 2.45) is 17.8 Å². The molecule has 34 heavy (non-hydrogen) atoms. The van der Waals surface area contributed by atoms with Crippen LogP contribution in [0, 0.1) is 17.8 Å². The molecule has 3 fully saturated rings. The van der Waals surface area contributed by atoms with Gasteiger partial charge in [-0.3, -0.25) is 14.4 Å². The first-order chi connectivity index (χ1) is 16.1. The first-order valence-electron chi connectivity index (χ1n) is 12.8. The number of esters is 1. The molecule has 8 heteroatoms. The molecule has 2 unspecified atom stereocenters. The van der Waals surface area contributed by atoms with E-state index >= 15 is 0 Å². The Morgan fingerprint density at radius 1 is 1.35 bits per heavy atom. The smallest absolute Gasteiger partial charge is 0.312 e. The molecule has 0 aromatic heterocycles. The lowest BCUT2D eigenvalue weighted by Crippen LogP contribution is -2.59. The summed E-state index contributed by atoms with van der Waals surface area (Å²) < 4.78 is 12.0. The molecule has 0 radical (unpaired) electrons. The van der Waals surface area contributed by atoms with Gasteiger partial charge in [-0.05, 0) is 45.4 Å². The quantitative estimate of drug-likeness (QED) is 0.342. The number of unbranched alkanes of at least 4 members (excludes halogenated alkanes) is 1. The van der Waals surface area contributed by atoms with Crippen LogP contribution in [0.15, 0.2) is 12.7 Å². The van der Waals surface area contributed by atoms with Crippen LogP contribution in [0.4, 0.5) is 0 Å². The predicted molar refractivity (Wildman–Crippen MR) is 128 cm³/mol. The number of rotatable bonds is 12. The number of carbonyl (C=O) groups is 3. The van der Waals surface area contributed by atoms with Crippen molar-refractivity contribution < 1.29 is 29.0 Å². The van der Waals surface area contributed by atoms with E-state index in [0.29, 0.717) is 32.4 Å². The van der Waals surface area contributed by atoms with Crippen LogP contribution in [0.3, 0.4) is 0 Å². The van der Waals surface area contributed by atoms with Crippen LogP contribution in [0.2, 0.25) is 0 Å². The molecule has 1 N–H and O–H groups in total. The third-order valence-electron chi connectivity index (χ3n) is 7.78. The van der Waals surface area contributed by atoms with Gasteiger partial charge < -0.3 is 24.4 Å². The molecule has 2 amide bonds. The monoisotopic (exact) mass is 478 g/mol. The Balaban J connectivity index is 2.11. The molecule has 3 saturated heterocycles. The summed E-state index contributed by atoms with van der Waals surface area (Å²) in [7, 11) is 0. The summed E-state index contributed by atoms with van der Waals surface area (Å²) in [6, 6.07) is -1.42. The van der Waals surface area contributed by atoms with E-state index in [4.69, 9.17) is 9.47 Å². The number of hydrogen-bond donors (Lipinski definition) is 1. The van der Waals surface area contributed by atoms with Crippen molar-refractivity contribution >= 4 is 17.8 Å². The highest BCUT2D eigenvalue weighted by molar-refractivity contribution is 5.98. The van der Waals surface area contributed by atoms with Gasteiger partial charge in [0.05, 0.1) is 30.8 Å². The maximum Gasteiger partial charge on any atom is 0.312 e. The molecule has 1 spiro atoms. The van der Waals surface area contributed by atoms with Gasteiger partial charge in [-0.1, -0.05) is 33.3 Å². The highest BCUT2D eigenvalue weighted by atomic mass is 16.6. The Kier molecular flexibility index (Phi) is 8.13. The average Bonchev–Trinajstić information content (AvgIpc) is 3.35. The number of aliphatic hydroxyl groups is 1. The zero-order chi connectivity index (χ0) is 25.3. The van der Waals surface area contributed by atoms with Crippen molar-refractivity contribution in [3.05, 3.63) is 12.7 Å². The number of nitrogens with zero attached hydrogens (tertiary/aromatic N) is 2. The Morgan fingerprint density at radius 3 is 2.62 bits per heavy atom. The van der Waals surface area contributed by atoms with Gasteiger partial charge in [-0.15, -0.1) is 6.58 Å². The Hall–Kier alpha value is -1.93. The molecule has 3 rings (SSSR count). The molecule has 3 aliphatic rings. The van der Waals surface area contributed by atoms with Crippen LogP contribution >= 0.6 is 0 Å². The van der Waals surface area contributed by atoms with Gasteiger partial charge in [0.2, 0.25) is 11.8 Å². The van der Waals surface area contributed by atoms with Crippen molar-refractivity contribution in [1.29, 1.82) is 0 Å². The van der Waals surface area contributed by atoms with Gasteiger partial charge in [0.15, 0.2) is 0 Å². The van der Waals surface area contributed by atoms with Gasteiger partial charge >= 0.3 is 5.97 Å². The van der Waals surface area contributed by atoms with Crippen LogP contribution < -0.4 is 0 Å². The zero-order valence-electron chi connectivity index (χ0n) is 21.4. The second-order valence-electron chi connectivity index (χ2n) is 10.6. The summed E-state index contributed by atoms with van der Waals surface area (Å²) in [5.74, 6) is -2.28. The zero-order valence-corrected chi connectivity index (χ0v) is 21.4. The van der Waals surface area contributed by atoms with E-state index in [0.717, 1.165) is 12.8 Å². The first-order valence-corrected chi connectivity index (χ1v) is 12.8. The number of hydrogen-bond acceptors (Lipinski definition) is 6. The molecule has 8 nitrogen and oxygen atoms in total. The van der Waals surface area contributed by atoms with Gasteiger partial charge in [-0.2, -0.15) is 0 Å². The van der Waals surface area contributed by atoms with Crippen molar-refractivity contribution in [3.8, 4) is 0 Å². The molecule has 0 aromatic carbocycles. The summed E-state index contributed by atoms with van der Waals surface area (Å²) in [4.78, 5) is 44.6. The Labute approximate surface area is 203 Å². The minimum absolute atomic E-state index is 0.194. The van der Waals surface area contributed by atoms with Crippen molar-refractivity contribution in [3.63, 3.8) is 0 Å². The molecular weight excluding hydrogens is 436 g/mol. The lowest BCUT2D eigenvalue weighted by Gasteiger charge is -2.40. The summed E-state index contributed by atoms with van der Waals surface area (Å²) >= 11 is 0. The number of likely N-dealkylation sites (tertiary alicyclic amines) is 1. The lowest BCUT2D eigenvalue weighted by atomic mass is 9.66. The summed E-state index contributed by atoms with van der Waals surface area (Å²) in [6.45, 7) is 14.4. The number of carbonyl (C=O) groups excluding carboxylic acids is 3. The maximum atomic E-state index is 14.1. The van der Waals surface area contributed by atoms with E-state index in [2.05, 4.69) is 13.5 Å².